The molecule has 0 atom stereocenters. The van der Waals surface area contributed by atoms with E-state index in [4.69, 9.17) is 5.14 Å². The molecule has 0 radical (unpaired) electrons. The number of amides is 1. The molecule has 104 valence electrons. The number of rotatable bonds is 3. The van der Waals surface area contributed by atoms with Crippen LogP contribution in [0.3, 0.4) is 0 Å². The third kappa shape index (κ3) is 3.11. The average Bonchev–Trinajstić information content (AvgIpc) is 2.38. The van der Waals surface area contributed by atoms with Gasteiger partial charge in [-0.25, -0.2) is 13.6 Å². The molecule has 1 heterocycles. The Bertz CT molecular complexity index is 811. The maximum absolute atomic E-state index is 11.9. The quantitative estimate of drug-likeness (QED) is 0.752. The summed E-state index contributed by atoms with van der Waals surface area (Å²) in [7, 11) is -3.85. The third-order valence-corrected chi connectivity index (χ3v) is 3.40. The van der Waals surface area contributed by atoms with Crippen molar-refractivity contribution in [3.8, 4) is 0 Å². The Kier molecular flexibility index (Phi) is 3.68. The standard InChI is InChI=1S/C12H11N3O4S/c13-20(18,19)9-3-1-2-8(6-9)15-12(17)10-7-14-5-4-11(10)16/h1-7H,(H,14,16)(H,15,17)(H2,13,18,19). The molecule has 0 unspecified atom stereocenters. The Labute approximate surface area is 114 Å². The van der Waals surface area contributed by atoms with Crippen LogP contribution in [-0.2, 0) is 10.0 Å². The van der Waals surface area contributed by atoms with Gasteiger partial charge >= 0.3 is 0 Å². The number of nitrogens with two attached hydrogens (primary N) is 1. The lowest BCUT2D eigenvalue weighted by Gasteiger charge is -2.06. The molecule has 2 rings (SSSR count). The van der Waals surface area contributed by atoms with Crippen molar-refractivity contribution in [3.63, 3.8) is 0 Å². The molecule has 7 nitrogen and oxygen atoms in total. The molecule has 0 bridgehead atoms. The smallest absolute Gasteiger partial charge is 0.261 e. The summed E-state index contributed by atoms with van der Waals surface area (Å²) in [6.07, 6.45) is 2.67. The molecular weight excluding hydrogens is 282 g/mol. The second-order valence-corrected chi connectivity index (χ2v) is 5.51. The predicted molar refractivity (Wildman–Crippen MR) is 72.8 cm³/mol. The molecule has 4 N–H and O–H groups in total. The van der Waals surface area contributed by atoms with Crippen LogP contribution in [0.5, 0.6) is 0 Å². The van der Waals surface area contributed by atoms with Gasteiger partial charge in [0.1, 0.15) is 5.56 Å². The number of primary sulfonamides is 1. The molecule has 2 aromatic rings. The first kappa shape index (κ1) is 14.0. The lowest BCUT2D eigenvalue weighted by molar-refractivity contribution is 0.102. The van der Waals surface area contributed by atoms with E-state index in [2.05, 4.69) is 10.3 Å². The maximum Gasteiger partial charge on any atom is 0.261 e. The van der Waals surface area contributed by atoms with Crippen LogP contribution in [0.4, 0.5) is 5.69 Å². The van der Waals surface area contributed by atoms with Crippen molar-refractivity contribution in [1.29, 1.82) is 0 Å². The highest BCUT2D eigenvalue weighted by molar-refractivity contribution is 7.89. The van der Waals surface area contributed by atoms with Crippen LogP contribution in [0, 0.1) is 0 Å². The van der Waals surface area contributed by atoms with Gasteiger partial charge < -0.3 is 10.3 Å². The molecule has 0 aliphatic rings. The van der Waals surface area contributed by atoms with Gasteiger partial charge in [0.2, 0.25) is 10.0 Å². The number of aromatic nitrogens is 1. The number of hydrogen-bond acceptors (Lipinski definition) is 4. The van der Waals surface area contributed by atoms with Crippen molar-refractivity contribution in [1.82, 2.24) is 4.98 Å². The number of aromatic amines is 1. The summed E-state index contributed by atoms with van der Waals surface area (Å²) < 4.78 is 22.4. The van der Waals surface area contributed by atoms with Gasteiger partial charge in [0.05, 0.1) is 4.90 Å². The first-order valence-corrected chi connectivity index (χ1v) is 7.04. The number of nitrogens with one attached hydrogen (secondary N) is 2. The summed E-state index contributed by atoms with van der Waals surface area (Å²) in [5.41, 5.74) is -0.290. The SMILES string of the molecule is NS(=O)(=O)c1cccc(NC(=O)c2c[nH]ccc2=O)c1. The van der Waals surface area contributed by atoms with Crippen molar-refractivity contribution in [2.75, 3.05) is 5.32 Å². The lowest BCUT2D eigenvalue weighted by atomic mass is 10.2. The summed E-state index contributed by atoms with van der Waals surface area (Å²) in [4.78, 5) is 25.9. The third-order valence-electron chi connectivity index (χ3n) is 2.49. The fourth-order valence-electron chi connectivity index (χ4n) is 1.54. The molecular formula is C12H11N3O4S. The van der Waals surface area contributed by atoms with Crippen LogP contribution >= 0.6 is 0 Å². The Balaban J connectivity index is 2.30. The van der Waals surface area contributed by atoms with E-state index in [0.717, 1.165) is 0 Å². The van der Waals surface area contributed by atoms with Crippen LogP contribution in [0.1, 0.15) is 10.4 Å². The highest BCUT2D eigenvalue weighted by atomic mass is 32.2. The van der Waals surface area contributed by atoms with E-state index in [0.29, 0.717) is 0 Å². The summed E-state index contributed by atoms with van der Waals surface area (Å²) in [6.45, 7) is 0. The molecule has 1 aromatic carbocycles. The van der Waals surface area contributed by atoms with E-state index in [9.17, 15) is 18.0 Å². The molecule has 0 spiro atoms. The number of benzene rings is 1. The van der Waals surface area contributed by atoms with Crippen molar-refractivity contribution < 1.29 is 13.2 Å². The second kappa shape index (κ2) is 5.27. The summed E-state index contributed by atoms with van der Waals surface area (Å²) >= 11 is 0. The topological polar surface area (TPSA) is 122 Å². The number of pyridine rings is 1. The Morgan fingerprint density at radius 2 is 2.00 bits per heavy atom. The van der Waals surface area contributed by atoms with E-state index in [1.807, 2.05) is 0 Å². The molecule has 0 saturated carbocycles. The largest absolute Gasteiger partial charge is 0.367 e. The van der Waals surface area contributed by atoms with Crippen LogP contribution in [0.2, 0.25) is 0 Å². The first-order chi connectivity index (χ1) is 9.38. The zero-order chi connectivity index (χ0) is 14.8. The zero-order valence-electron chi connectivity index (χ0n) is 10.2. The van der Waals surface area contributed by atoms with Crippen LogP contribution < -0.4 is 15.9 Å². The van der Waals surface area contributed by atoms with Gasteiger partial charge in [-0.15, -0.1) is 0 Å². The predicted octanol–water partition coefficient (Wildman–Crippen LogP) is 0.275. The number of H-pyrrole nitrogens is 1. The lowest BCUT2D eigenvalue weighted by Crippen LogP contribution is -2.21. The van der Waals surface area contributed by atoms with Gasteiger partial charge in [-0.3, -0.25) is 9.59 Å². The minimum absolute atomic E-state index is 0.0755. The maximum atomic E-state index is 11.9. The van der Waals surface area contributed by atoms with Gasteiger partial charge in [-0.05, 0) is 18.2 Å². The van der Waals surface area contributed by atoms with Crippen LogP contribution in [-0.4, -0.2) is 19.3 Å². The van der Waals surface area contributed by atoms with Crippen molar-refractivity contribution in [2.24, 2.45) is 5.14 Å². The molecule has 8 heteroatoms. The monoisotopic (exact) mass is 293 g/mol. The number of sulfonamides is 1. The van der Waals surface area contributed by atoms with Crippen molar-refractivity contribution in [2.45, 2.75) is 4.90 Å². The van der Waals surface area contributed by atoms with E-state index in [1.165, 1.54) is 42.7 Å². The first-order valence-electron chi connectivity index (χ1n) is 5.49. The fraction of sp³-hybridized carbons (Fsp3) is 0. The minimum Gasteiger partial charge on any atom is -0.367 e. The Morgan fingerprint density at radius 3 is 2.65 bits per heavy atom. The van der Waals surface area contributed by atoms with Crippen LogP contribution in [0.25, 0.3) is 0 Å². The van der Waals surface area contributed by atoms with Gasteiger partial charge in [-0.1, -0.05) is 6.07 Å². The van der Waals surface area contributed by atoms with E-state index >= 15 is 0 Å². The van der Waals surface area contributed by atoms with Crippen molar-refractivity contribution >= 4 is 21.6 Å². The zero-order valence-corrected chi connectivity index (χ0v) is 11.0. The Morgan fingerprint density at radius 1 is 1.25 bits per heavy atom. The Hall–Kier alpha value is -2.45. The molecule has 1 aromatic heterocycles. The summed E-state index contributed by atoms with van der Waals surface area (Å²) in [5, 5.41) is 7.43. The number of hydrogen-bond donors (Lipinski definition) is 3. The van der Waals surface area contributed by atoms with Crippen molar-refractivity contribution in [3.05, 3.63) is 58.5 Å². The van der Waals surface area contributed by atoms with Gasteiger partial charge in [0, 0.05) is 24.1 Å². The van der Waals surface area contributed by atoms with E-state index < -0.39 is 21.4 Å². The normalized spacial score (nSPS) is 11.1. The number of carbonyl (C=O) groups is 1. The van der Waals surface area contributed by atoms with Gasteiger partial charge in [0.15, 0.2) is 5.43 Å². The molecule has 0 fully saturated rings. The van der Waals surface area contributed by atoms with Crippen LogP contribution in [0.15, 0.2) is 52.4 Å². The highest BCUT2D eigenvalue weighted by Crippen LogP contribution is 2.14. The van der Waals surface area contributed by atoms with Gasteiger partial charge in [-0.2, -0.15) is 0 Å². The molecule has 20 heavy (non-hydrogen) atoms. The summed E-state index contributed by atoms with van der Waals surface area (Å²) in [5.74, 6) is -0.640. The van der Waals surface area contributed by atoms with E-state index in [-0.39, 0.29) is 16.1 Å². The molecule has 0 aliphatic carbocycles. The average molecular weight is 293 g/mol. The second-order valence-electron chi connectivity index (χ2n) is 3.95. The molecule has 0 aliphatic heterocycles. The van der Waals surface area contributed by atoms with E-state index in [1.54, 1.807) is 0 Å². The van der Waals surface area contributed by atoms with Gasteiger partial charge in [0.25, 0.3) is 5.91 Å². The summed E-state index contributed by atoms with van der Waals surface area (Å²) in [6, 6.07) is 6.66. The minimum atomic E-state index is -3.85. The fourth-order valence-corrected chi connectivity index (χ4v) is 2.10. The highest BCUT2D eigenvalue weighted by Gasteiger charge is 2.12. The number of anilines is 1. The molecule has 1 amide bonds. The number of carbonyl (C=O) groups excluding carboxylic acids is 1. The molecule has 0 saturated heterocycles.